The molecule has 88 valence electrons. The summed E-state index contributed by atoms with van der Waals surface area (Å²) in [7, 11) is 0. The molecule has 0 spiro atoms. The molecular weight excluding hydrogens is 222 g/mol. The summed E-state index contributed by atoms with van der Waals surface area (Å²) >= 11 is 5.91. The largest absolute Gasteiger partial charge is 0.384 e. The number of nitrogens with zero attached hydrogens (tertiary/aromatic N) is 2. The van der Waals surface area contributed by atoms with Crippen molar-refractivity contribution in [1.82, 2.24) is 9.97 Å². The zero-order valence-corrected chi connectivity index (χ0v) is 10.2. The van der Waals surface area contributed by atoms with Gasteiger partial charge >= 0.3 is 0 Å². The third-order valence-corrected chi connectivity index (χ3v) is 3.40. The van der Waals surface area contributed by atoms with Crippen LogP contribution in [-0.2, 0) is 0 Å². The first-order valence-electron chi connectivity index (χ1n) is 6.05. The lowest BCUT2D eigenvalue weighted by atomic mass is 9.90. The van der Waals surface area contributed by atoms with Crippen molar-refractivity contribution in [2.24, 2.45) is 0 Å². The summed E-state index contributed by atoms with van der Waals surface area (Å²) in [5.41, 5.74) is 5.70. The molecule has 16 heavy (non-hydrogen) atoms. The molecule has 0 amide bonds. The van der Waals surface area contributed by atoms with Crippen LogP contribution in [0.1, 0.15) is 56.7 Å². The van der Waals surface area contributed by atoms with Crippen molar-refractivity contribution in [3.63, 3.8) is 0 Å². The molecule has 0 aliphatic heterocycles. The highest BCUT2D eigenvalue weighted by Gasteiger charge is 2.17. The van der Waals surface area contributed by atoms with Crippen LogP contribution in [0.25, 0.3) is 0 Å². The molecule has 1 fully saturated rings. The lowest BCUT2D eigenvalue weighted by Crippen LogP contribution is -2.08. The molecule has 0 bridgehead atoms. The van der Waals surface area contributed by atoms with E-state index < -0.39 is 0 Å². The minimum absolute atomic E-state index is 0.446. The monoisotopic (exact) mass is 239 g/mol. The van der Waals surface area contributed by atoms with E-state index in [-0.39, 0.29) is 0 Å². The van der Waals surface area contributed by atoms with Crippen LogP contribution in [-0.4, -0.2) is 9.97 Å². The average Bonchev–Trinajstić information content (AvgIpc) is 2.14. The smallest absolute Gasteiger partial charge is 0.135 e. The lowest BCUT2D eigenvalue weighted by molar-refractivity contribution is 0.442. The van der Waals surface area contributed by atoms with E-state index in [1.54, 1.807) is 6.07 Å². The van der Waals surface area contributed by atoms with Crippen molar-refractivity contribution in [1.29, 1.82) is 0 Å². The summed E-state index contributed by atoms with van der Waals surface area (Å²) in [6.45, 7) is 0. The predicted octanol–water partition coefficient (Wildman–Crippen LogP) is 3.54. The van der Waals surface area contributed by atoms with Crippen LogP contribution in [0.2, 0.25) is 5.15 Å². The highest BCUT2D eigenvalue weighted by atomic mass is 35.5. The third-order valence-electron chi connectivity index (χ3n) is 3.20. The Morgan fingerprint density at radius 3 is 2.31 bits per heavy atom. The maximum Gasteiger partial charge on any atom is 0.135 e. The van der Waals surface area contributed by atoms with Gasteiger partial charge in [-0.05, 0) is 12.8 Å². The van der Waals surface area contributed by atoms with Crippen LogP contribution in [0.15, 0.2) is 6.07 Å². The topological polar surface area (TPSA) is 51.8 Å². The Balaban J connectivity index is 2.13. The minimum Gasteiger partial charge on any atom is -0.384 e. The Kier molecular flexibility index (Phi) is 3.99. The standard InChI is InChI=1S/C12H18ClN3/c13-10-8-11(14)16-12(15-10)9-6-4-2-1-3-5-7-9/h8-9H,1-7H2,(H2,14,15,16). The molecule has 0 atom stereocenters. The van der Waals surface area contributed by atoms with E-state index in [4.69, 9.17) is 17.3 Å². The molecule has 2 N–H and O–H groups in total. The molecule has 1 aliphatic carbocycles. The second-order valence-corrected chi connectivity index (χ2v) is 4.90. The molecule has 0 aromatic carbocycles. The van der Waals surface area contributed by atoms with Crippen LogP contribution in [0.3, 0.4) is 0 Å². The molecule has 1 heterocycles. The van der Waals surface area contributed by atoms with Gasteiger partial charge in [-0.25, -0.2) is 9.97 Å². The summed E-state index contributed by atoms with van der Waals surface area (Å²) in [6.07, 6.45) is 8.88. The van der Waals surface area contributed by atoms with Crippen LogP contribution in [0.4, 0.5) is 5.82 Å². The van der Waals surface area contributed by atoms with Gasteiger partial charge in [0.15, 0.2) is 0 Å². The van der Waals surface area contributed by atoms with Crippen LogP contribution >= 0.6 is 11.6 Å². The number of aromatic nitrogens is 2. The van der Waals surface area contributed by atoms with E-state index in [0.717, 1.165) is 5.82 Å². The summed E-state index contributed by atoms with van der Waals surface area (Å²) in [5.74, 6) is 1.77. The summed E-state index contributed by atoms with van der Waals surface area (Å²) in [4.78, 5) is 8.62. The van der Waals surface area contributed by atoms with E-state index in [2.05, 4.69) is 9.97 Å². The van der Waals surface area contributed by atoms with Crippen molar-refractivity contribution in [3.05, 3.63) is 17.0 Å². The molecule has 1 aliphatic rings. The first-order valence-corrected chi connectivity index (χ1v) is 6.43. The highest BCUT2D eigenvalue weighted by Crippen LogP contribution is 2.29. The number of nitrogens with two attached hydrogens (primary N) is 1. The zero-order valence-electron chi connectivity index (χ0n) is 9.45. The molecule has 0 radical (unpaired) electrons. The minimum atomic E-state index is 0.446. The maximum atomic E-state index is 5.91. The number of hydrogen-bond acceptors (Lipinski definition) is 3. The molecule has 3 nitrogen and oxygen atoms in total. The van der Waals surface area contributed by atoms with E-state index in [9.17, 15) is 0 Å². The Morgan fingerprint density at radius 2 is 1.69 bits per heavy atom. The lowest BCUT2D eigenvalue weighted by Gasteiger charge is -2.18. The van der Waals surface area contributed by atoms with Gasteiger partial charge < -0.3 is 5.73 Å². The zero-order chi connectivity index (χ0) is 11.4. The predicted molar refractivity (Wildman–Crippen MR) is 66.5 cm³/mol. The van der Waals surface area contributed by atoms with Crippen molar-refractivity contribution in [3.8, 4) is 0 Å². The summed E-state index contributed by atoms with van der Waals surface area (Å²) in [6, 6.07) is 1.61. The molecule has 1 aromatic rings. The summed E-state index contributed by atoms with van der Waals surface area (Å²) < 4.78 is 0. The molecule has 0 unspecified atom stereocenters. The van der Waals surface area contributed by atoms with Gasteiger partial charge in [0.2, 0.25) is 0 Å². The highest BCUT2D eigenvalue weighted by molar-refractivity contribution is 6.29. The fraction of sp³-hybridized carbons (Fsp3) is 0.667. The SMILES string of the molecule is Nc1cc(Cl)nc(C2CCCCCCC2)n1. The molecule has 1 saturated carbocycles. The quantitative estimate of drug-likeness (QED) is 0.763. The van der Waals surface area contributed by atoms with Crippen molar-refractivity contribution in [2.75, 3.05) is 5.73 Å². The van der Waals surface area contributed by atoms with E-state index in [1.807, 2.05) is 0 Å². The Bertz CT molecular complexity index is 326. The fourth-order valence-corrected chi connectivity index (χ4v) is 2.55. The molecule has 2 rings (SSSR count). The summed E-state index contributed by atoms with van der Waals surface area (Å²) in [5, 5.41) is 0.463. The van der Waals surface area contributed by atoms with Gasteiger partial charge in [0.05, 0.1) is 0 Å². The Morgan fingerprint density at radius 1 is 1.06 bits per heavy atom. The second-order valence-electron chi connectivity index (χ2n) is 4.52. The first kappa shape index (κ1) is 11.6. The average molecular weight is 240 g/mol. The van der Waals surface area contributed by atoms with Crippen LogP contribution in [0, 0.1) is 0 Å². The van der Waals surface area contributed by atoms with E-state index >= 15 is 0 Å². The third kappa shape index (κ3) is 3.08. The fourth-order valence-electron chi connectivity index (χ4n) is 2.35. The van der Waals surface area contributed by atoms with Gasteiger partial charge in [0, 0.05) is 12.0 Å². The molecule has 1 aromatic heterocycles. The van der Waals surface area contributed by atoms with Gasteiger partial charge in [0.1, 0.15) is 16.8 Å². The molecule has 0 saturated heterocycles. The number of rotatable bonds is 1. The van der Waals surface area contributed by atoms with E-state index in [0.29, 0.717) is 16.9 Å². The number of halogens is 1. The molecular formula is C12H18ClN3. The number of anilines is 1. The van der Waals surface area contributed by atoms with Gasteiger partial charge in [-0.2, -0.15) is 0 Å². The number of nitrogen functional groups attached to an aromatic ring is 1. The number of hydrogen-bond donors (Lipinski definition) is 1. The second kappa shape index (κ2) is 5.48. The first-order chi connectivity index (χ1) is 7.75. The van der Waals surface area contributed by atoms with E-state index in [1.165, 1.54) is 44.9 Å². The Labute approximate surface area is 101 Å². The van der Waals surface area contributed by atoms with Gasteiger partial charge in [-0.15, -0.1) is 0 Å². The van der Waals surface area contributed by atoms with Crippen molar-refractivity contribution >= 4 is 17.4 Å². The maximum absolute atomic E-state index is 5.91. The molecule has 4 heteroatoms. The van der Waals surface area contributed by atoms with Crippen LogP contribution in [0.5, 0.6) is 0 Å². The van der Waals surface area contributed by atoms with Crippen molar-refractivity contribution in [2.45, 2.75) is 50.9 Å². The van der Waals surface area contributed by atoms with Gasteiger partial charge in [0.25, 0.3) is 0 Å². The van der Waals surface area contributed by atoms with Gasteiger partial charge in [-0.1, -0.05) is 43.7 Å². The van der Waals surface area contributed by atoms with Gasteiger partial charge in [-0.3, -0.25) is 0 Å². The van der Waals surface area contributed by atoms with Crippen LogP contribution < -0.4 is 5.73 Å². The Hall–Kier alpha value is -0.830. The normalized spacial score (nSPS) is 19.1. The van der Waals surface area contributed by atoms with Crippen molar-refractivity contribution < 1.29 is 0 Å².